The van der Waals surface area contributed by atoms with E-state index >= 15 is 0 Å². The van der Waals surface area contributed by atoms with Gasteiger partial charge in [-0.1, -0.05) is 11.6 Å². The lowest BCUT2D eigenvalue weighted by atomic mass is 9.85. The molecule has 108 valence electrons. The maximum Gasteiger partial charge on any atom is 0.313 e. The molecule has 0 aliphatic carbocycles. The zero-order chi connectivity index (χ0) is 14.9. The lowest BCUT2D eigenvalue weighted by molar-refractivity contribution is -0.148. The molecule has 6 nitrogen and oxygen atoms in total. The van der Waals surface area contributed by atoms with Crippen molar-refractivity contribution in [3.63, 3.8) is 0 Å². The van der Waals surface area contributed by atoms with Gasteiger partial charge in [-0.2, -0.15) is 0 Å². The van der Waals surface area contributed by atoms with E-state index < -0.39 is 23.3 Å². The highest BCUT2D eigenvalue weighted by Gasteiger charge is 2.47. The van der Waals surface area contributed by atoms with Crippen molar-refractivity contribution in [2.24, 2.45) is 5.41 Å². The Bertz CT molecular complexity index is 563. The van der Waals surface area contributed by atoms with E-state index in [2.05, 4.69) is 10.3 Å². The molecule has 0 bridgehead atoms. The number of carbonyl (C=O) groups is 2. The molecule has 2 rings (SSSR count). The Morgan fingerprint density at radius 3 is 2.90 bits per heavy atom. The Kier molecular flexibility index (Phi) is 3.96. The molecule has 0 saturated carbocycles. The minimum Gasteiger partial charge on any atom is -0.481 e. The maximum absolute atomic E-state index is 12.2. The number of pyridine rings is 1. The number of carboxylic acids is 1. The Labute approximate surface area is 121 Å². The molecule has 1 aromatic heterocycles. The Balaban J connectivity index is 2.17. The highest BCUT2D eigenvalue weighted by molar-refractivity contribution is 6.33. The van der Waals surface area contributed by atoms with Crippen LogP contribution in [0, 0.1) is 12.3 Å². The standard InChI is InChI=1S/C13H15ClN2O4/c1-7-3-9(14)8(4-15-7)11(17)16-10-5-20-6-13(10,2)12(18)19/h3-4,10H,5-6H2,1-2H3,(H,16,17)(H,18,19). The summed E-state index contributed by atoms with van der Waals surface area (Å²) in [7, 11) is 0. The molecular weight excluding hydrogens is 284 g/mol. The number of halogens is 1. The predicted octanol–water partition coefficient (Wildman–Crippen LogP) is 1.26. The summed E-state index contributed by atoms with van der Waals surface area (Å²) in [5.41, 5.74) is -0.219. The zero-order valence-corrected chi connectivity index (χ0v) is 11.9. The predicted molar refractivity (Wildman–Crippen MR) is 71.8 cm³/mol. The second kappa shape index (κ2) is 5.38. The van der Waals surface area contributed by atoms with Crippen LogP contribution in [0.1, 0.15) is 23.0 Å². The third-order valence-electron chi connectivity index (χ3n) is 3.48. The quantitative estimate of drug-likeness (QED) is 0.877. The molecule has 20 heavy (non-hydrogen) atoms. The number of hydrogen-bond donors (Lipinski definition) is 2. The number of ether oxygens (including phenoxy) is 1. The van der Waals surface area contributed by atoms with Crippen molar-refractivity contribution < 1.29 is 19.4 Å². The largest absolute Gasteiger partial charge is 0.481 e. The first-order valence-corrected chi connectivity index (χ1v) is 6.46. The van der Waals surface area contributed by atoms with Crippen LogP contribution in [0.2, 0.25) is 5.02 Å². The third kappa shape index (κ3) is 2.62. The number of aromatic nitrogens is 1. The van der Waals surface area contributed by atoms with Gasteiger partial charge in [-0.25, -0.2) is 0 Å². The van der Waals surface area contributed by atoms with Gasteiger partial charge >= 0.3 is 5.97 Å². The Morgan fingerprint density at radius 1 is 1.60 bits per heavy atom. The van der Waals surface area contributed by atoms with E-state index in [1.165, 1.54) is 6.20 Å². The van der Waals surface area contributed by atoms with Crippen LogP contribution < -0.4 is 5.32 Å². The average molecular weight is 299 g/mol. The molecule has 1 amide bonds. The SMILES string of the molecule is Cc1cc(Cl)c(C(=O)NC2COCC2(C)C(=O)O)cn1. The number of aliphatic carboxylic acids is 1. The Morgan fingerprint density at radius 2 is 2.30 bits per heavy atom. The zero-order valence-electron chi connectivity index (χ0n) is 11.1. The fourth-order valence-corrected chi connectivity index (χ4v) is 2.31. The van der Waals surface area contributed by atoms with Crippen LogP contribution >= 0.6 is 11.6 Å². The van der Waals surface area contributed by atoms with Crippen LogP contribution in [0.15, 0.2) is 12.3 Å². The molecule has 2 N–H and O–H groups in total. The van der Waals surface area contributed by atoms with Crippen LogP contribution in [0.3, 0.4) is 0 Å². The van der Waals surface area contributed by atoms with Crippen LogP contribution in [0.4, 0.5) is 0 Å². The van der Waals surface area contributed by atoms with E-state index in [0.717, 1.165) is 0 Å². The number of nitrogens with zero attached hydrogens (tertiary/aromatic N) is 1. The number of rotatable bonds is 3. The first-order chi connectivity index (χ1) is 9.34. The van der Waals surface area contributed by atoms with Gasteiger partial charge < -0.3 is 15.2 Å². The monoisotopic (exact) mass is 298 g/mol. The van der Waals surface area contributed by atoms with Crippen LogP contribution in [0.25, 0.3) is 0 Å². The maximum atomic E-state index is 12.2. The minimum absolute atomic E-state index is 0.0627. The van der Waals surface area contributed by atoms with E-state index in [-0.39, 0.29) is 23.8 Å². The second-order valence-electron chi connectivity index (χ2n) is 5.07. The molecule has 7 heteroatoms. The molecule has 0 aromatic carbocycles. The first-order valence-electron chi connectivity index (χ1n) is 6.09. The van der Waals surface area contributed by atoms with E-state index in [1.54, 1.807) is 19.9 Å². The molecule has 1 saturated heterocycles. The molecule has 0 radical (unpaired) electrons. The number of nitrogens with one attached hydrogen (secondary N) is 1. The van der Waals surface area contributed by atoms with Crippen LogP contribution in [-0.4, -0.2) is 41.2 Å². The number of amides is 1. The Hall–Kier alpha value is -1.66. The van der Waals surface area contributed by atoms with Crippen molar-refractivity contribution in [1.29, 1.82) is 0 Å². The second-order valence-corrected chi connectivity index (χ2v) is 5.48. The summed E-state index contributed by atoms with van der Waals surface area (Å²) < 4.78 is 5.18. The number of aryl methyl sites for hydroxylation is 1. The highest BCUT2D eigenvalue weighted by Crippen LogP contribution is 2.29. The molecule has 2 atom stereocenters. The van der Waals surface area contributed by atoms with Gasteiger partial charge in [0.1, 0.15) is 5.41 Å². The number of carbonyl (C=O) groups excluding carboxylic acids is 1. The molecule has 1 aliphatic heterocycles. The van der Waals surface area contributed by atoms with Crippen molar-refractivity contribution in [1.82, 2.24) is 10.3 Å². The van der Waals surface area contributed by atoms with Gasteiger partial charge in [-0.3, -0.25) is 14.6 Å². The van der Waals surface area contributed by atoms with Gasteiger partial charge in [0.25, 0.3) is 5.91 Å². The first kappa shape index (κ1) is 14.7. The molecule has 1 aliphatic rings. The summed E-state index contributed by atoms with van der Waals surface area (Å²) in [5, 5.41) is 12.2. The topological polar surface area (TPSA) is 88.5 Å². The van der Waals surface area contributed by atoms with Crippen LogP contribution in [-0.2, 0) is 9.53 Å². The molecule has 2 heterocycles. The highest BCUT2D eigenvalue weighted by atomic mass is 35.5. The molecule has 2 unspecified atom stereocenters. The van der Waals surface area contributed by atoms with Gasteiger partial charge in [-0.15, -0.1) is 0 Å². The lowest BCUT2D eigenvalue weighted by Crippen LogP contribution is -2.49. The number of hydrogen-bond acceptors (Lipinski definition) is 4. The van der Waals surface area contributed by atoms with E-state index in [1.807, 2.05) is 0 Å². The van der Waals surface area contributed by atoms with Crippen molar-refractivity contribution in [2.45, 2.75) is 19.9 Å². The summed E-state index contributed by atoms with van der Waals surface area (Å²) >= 11 is 6.00. The summed E-state index contributed by atoms with van der Waals surface area (Å²) in [6.07, 6.45) is 1.38. The van der Waals surface area contributed by atoms with Crippen molar-refractivity contribution in [2.75, 3.05) is 13.2 Å². The summed E-state index contributed by atoms with van der Waals surface area (Å²) in [5.74, 6) is -1.46. The van der Waals surface area contributed by atoms with Gasteiger partial charge in [0.2, 0.25) is 0 Å². The number of carboxylic acid groups (broad SMARTS) is 1. The van der Waals surface area contributed by atoms with Crippen molar-refractivity contribution in [3.05, 3.63) is 28.5 Å². The summed E-state index contributed by atoms with van der Waals surface area (Å²) in [6.45, 7) is 3.53. The summed E-state index contributed by atoms with van der Waals surface area (Å²) in [6, 6.07) is 0.975. The average Bonchev–Trinajstić information content (AvgIpc) is 2.72. The van der Waals surface area contributed by atoms with E-state index in [4.69, 9.17) is 16.3 Å². The third-order valence-corrected chi connectivity index (χ3v) is 3.80. The van der Waals surface area contributed by atoms with Crippen molar-refractivity contribution >= 4 is 23.5 Å². The smallest absolute Gasteiger partial charge is 0.313 e. The van der Waals surface area contributed by atoms with Crippen LogP contribution in [0.5, 0.6) is 0 Å². The van der Waals surface area contributed by atoms with E-state index in [9.17, 15) is 14.7 Å². The molecule has 0 spiro atoms. The van der Waals surface area contributed by atoms with Gasteiger partial charge in [0.05, 0.1) is 29.8 Å². The molecule has 1 aromatic rings. The normalized spacial score (nSPS) is 25.4. The van der Waals surface area contributed by atoms with Gasteiger partial charge in [-0.05, 0) is 19.9 Å². The van der Waals surface area contributed by atoms with Crippen molar-refractivity contribution in [3.8, 4) is 0 Å². The van der Waals surface area contributed by atoms with E-state index in [0.29, 0.717) is 5.69 Å². The summed E-state index contributed by atoms with van der Waals surface area (Å²) in [4.78, 5) is 27.5. The fourth-order valence-electron chi connectivity index (χ4n) is 2.01. The lowest BCUT2D eigenvalue weighted by Gasteiger charge is -2.25. The fraction of sp³-hybridized carbons (Fsp3) is 0.462. The van der Waals surface area contributed by atoms with Gasteiger partial charge in [0, 0.05) is 11.9 Å². The van der Waals surface area contributed by atoms with Gasteiger partial charge in [0.15, 0.2) is 0 Å². The minimum atomic E-state index is -1.14. The molecule has 1 fully saturated rings. The molecular formula is C13H15ClN2O4.